The molecule has 70 heavy (non-hydrogen) atoms. The number of amides is 2. The number of ketones is 3. The number of piperidine rings is 1. The Morgan fingerprint density at radius 3 is 2.21 bits per heavy atom. The van der Waals surface area contributed by atoms with E-state index in [1.165, 1.54) is 16.9 Å². The van der Waals surface area contributed by atoms with Gasteiger partial charge in [-0.3, -0.25) is 19.2 Å². The number of esters is 1. The van der Waals surface area contributed by atoms with Crippen LogP contribution in [0.2, 0.25) is 0 Å². The van der Waals surface area contributed by atoms with Crippen LogP contribution in [-0.4, -0.2) is 152 Å². The van der Waals surface area contributed by atoms with Gasteiger partial charge in [-0.25, -0.2) is 9.59 Å². The number of methoxy groups -OCH3 is 3. The van der Waals surface area contributed by atoms with Crippen LogP contribution in [0.5, 0.6) is 0 Å². The average Bonchev–Trinajstić information content (AvgIpc) is 3.33. The smallest absolute Gasteiger partial charge is 0.409 e. The van der Waals surface area contributed by atoms with Crippen LogP contribution in [0.15, 0.2) is 23.3 Å². The second-order valence-electron chi connectivity index (χ2n) is 21.5. The maximum absolute atomic E-state index is 14.5. The maximum atomic E-state index is 14.5. The number of allylic oxidation sites excluding steroid dienone is 2. The molecule has 3 fully saturated rings. The lowest BCUT2D eigenvalue weighted by molar-refractivity contribution is -0.265. The average molecular weight is 989 g/mol. The molecule has 3 aliphatic heterocycles. The first-order valence-corrected chi connectivity index (χ1v) is 26.1. The maximum Gasteiger partial charge on any atom is 0.409 e. The molecule has 2 saturated heterocycles. The van der Waals surface area contributed by atoms with Crippen LogP contribution in [-0.2, 0) is 52.4 Å². The summed E-state index contributed by atoms with van der Waals surface area (Å²) in [5.41, 5.74) is 1.39. The Morgan fingerprint density at radius 2 is 1.56 bits per heavy atom. The van der Waals surface area contributed by atoms with Gasteiger partial charge < -0.3 is 48.4 Å². The van der Waals surface area contributed by atoms with Gasteiger partial charge in [0.1, 0.15) is 36.2 Å². The summed E-state index contributed by atoms with van der Waals surface area (Å²) < 4.78 is 35.5. The van der Waals surface area contributed by atoms with Gasteiger partial charge in [0, 0.05) is 72.6 Å². The van der Waals surface area contributed by atoms with E-state index in [9.17, 15) is 39.0 Å². The second-order valence-corrected chi connectivity index (χ2v) is 21.5. The van der Waals surface area contributed by atoms with Crippen LogP contribution >= 0.6 is 0 Å². The number of hydrogen-bond acceptors (Lipinski definition) is 14. The summed E-state index contributed by atoms with van der Waals surface area (Å²) in [6, 6.07) is -1.15. The molecule has 4 rings (SSSR count). The molecule has 398 valence electrons. The summed E-state index contributed by atoms with van der Waals surface area (Å²) >= 11 is 0. The predicted molar refractivity (Wildman–Crippen MR) is 263 cm³/mol. The van der Waals surface area contributed by atoms with Crippen molar-refractivity contribution < 1.29 is 67.4 Å². The normalized spacial score (nSPS) is 37.8. The minimum atomic E-state index is -2.42. The molecular weight excluding hydrogens is 901 g/mol. The Balaban J connectivity index is 1.67. The topological polar surface area (TPSA) is 205 Å². The summed E-state index contributed by atoms with van der Waals surface area (Å²) in [6.45, 7) is 13.0. The van der Waals surface area contributed by atoms with Crippen LogP contribution in [0.1, 0.15) is 151 Å². The Labute approximate surface area is 417 Å². The fourth-order valence-electron chi connectivity index (χ4n) is 11.0. The van der Waals surface area contributed by atoms with E-state index in [1.54, 1.807) is 55.2 Å². The lowest BCUT2D eigenvalue weighted by atomic mass is 9.78. The fourth-order valence-corrected chi connectivity index (χ4v) is 11.0. The molecule has 0 aromatic carbocycles. The molecule has 0 aromatic rings. The molecule has 1 aliphatic carbocycles. The third-order valence-corrected chi connectivity index (χ3v) is 15.7. The highest BCUT2D eigenvalue weighted by Crippen LogP contribution is 2.38. The van der Waals surface area contributed by atoms with Gasteiger partial charge in [0.2, 0.25) is 5.79 Å². The molecule has 0 spiro atoms. The van der Waals surface area contributed by atoms with E-state index in [0.29, 0.717) is 69.8 Å². The minimum Gasteiger partial charge on any atom is -0.460 e. The molecule has 2 amide bonds. The number of hydrogen-bond donors (Lipinski definition) is 2. The van der Waals surface area contributed by atoms with Crippen LogP contribution in [0, 0.1) is 35.5 Å². The summed E-state index contributed by atoms with van der Waals surface area (Å²) in [5.74, 6) is -7.73. The van der Waals surface area contributed by atoms with Gasteiger partial charge in [-0.05, 0) is 120 Å². The van der Waals surface area contributed by atoms with Crippen molar-refractivity contribution in [2.45, 2.75) is 206 Å². The molecule has 3 heterocycles. The zero-order valence-electron chi connectivity index (χ0n) is 44.4. The number of carbonyl (C=O) groups excluding carboxylic acids is 6. The number of fused-ring (bicyclic) bond motifs is 3. The molecule has 0 unspecified atom stereocenters. The van der Waals surface area contributed by atoms with Crippen molar-refractivity contribution in [1.82, 2.24) is 9.80 Å². The standard InChI is InChI=1S/C54H88N2O14/c1-32-18-14-13-15-19-33(2)44(65-10)30-40-23-21-38(7)54(64,70-40)50(60)51(61)56-25-17-16-20-41(56)52(62)68-45(35(4)28-39-22-24-43(46(29-39)66-11)69-53(63)55(8)9)31-42(57)34(3)27-37(6)48(59)49(67-12)47(58)36(5)26-32/h19,27,32,34-36,38-41,43-46,48-49,59,64H,13-18,20-26,28-31H2,1-12H3/b33-19+,37-27+/t32-,34-,35-,36-,38-,39+,40+,41+,43-,44+,45+,46-,48-,49+,54-/m1/s1. The van der Waals surface area contributed by atoms with Gasteiger partial charge in [-0.2, -0.15) is 0 Å². The van der Waals surface area contributed by atoms with Crippen molar-refractivity contribution in [1.29, 1.82) is 0 Å². The molecule has 15 atom stereocenters. The number of nitrogens with zero attached hydrogens (tertiary/aromatic N) is 2. The Hall–Kier alpha value is -3.54. The van der Waals surface area contributed by atoms with Crippen molar-refractivity contribution >= 4 is 35.3 Å². The van der Waals surface area contributed by atoms with E-state index >= 15 is 0 Å². The molecule has 16 nitrogen and oxygen atoms in total. The lowest BCUT2D eigenvalue weighted by Gasteiger charge is -2.42. The number of aliphatic hydroxyl groups excluding tert-OH is 1. The highest BCUT2D eigenvalue weighted by molar-refractivity contribution is 6.39. The Bertz CT molecular complexity index is 1830. The van der Waals surface area contributed by atoms with Crippen LogP contribution in [0.25, 0.3) is 0 Å². The Kier molecular flexibility index (Phi) is 23.2. The van der Waals surface area contributed by atoms with E-state index < -0.39 is 77.9 Å². The van der Waals surface area contributed by atoms with E-state index in [-0.39, 0.29) is 66.8 Å². The highest BCUT2D eigenvalue weighted by Gasteiger charge is 2.53. The molecule has 1 saturated carbocycles. The predicted octanol–water partition coefficient (Wildman–Crippen LogP) is 7.33. The van der Waals surface area contributed by atoms with E-state index in [2.05, 4.69) is 13.0 Å². The Morgan fingerprint density at radius 1 is 0.857 bits per heavy atom. The number of Topliss-reactive ketones (excluding diaryl/α,β-unsaturated/α-hetero) is 3. The van der Waals surface area contributed by atoms with E-state index in [1.807, 2.05) is 20.8 Å². The lowest BCUT2D eigenvalue weighted by Crippen LogP contribution is -2.61. The first kappa shape index (κ1) is 59.0. The molecule has 0 aromatic heterocycles. The van der Waals surface area contributed by atoms with Crippen LogP contribution < -0.4 is 0 Å². The van der Waals surface area contributed by atoms with Gasteiger partial charge in [0.25, 0.3) is 11.7 Å². The van der Waals surface area contributed by atoms with Gasteiger partial charge in [-0.15, -0.1) is 0 Å². The number of carbonyl (C=O) groups is 6. The van der Waals surface area contributed by atoms with Gasteiger partial charge >= 0.3 is 12.1 Å². The molecule has 4 aliphatic rings. The number of rotatable bonds is 7. The van der Waals surface area contributed by atoms with Gasteiger partial charge in [0.15, 0.2) is 5.78 Å². The zero-order chi connectivity index (χ0) is 52.0. The number of ether oxygens (including phenoxy) is 6. The molecular formula is C54H88N2O14. The summed E-state index contributed by atoms with van der Waals surface area (Å²) in [4.78, 5) is 86.2. The van der Waals surface area contributed by atoms with Gasteiger partial charge in [-0.1, -0.05) is 59.6 Å². The van der Waals surface area contributed by atoms with Crippen molar-refractivity contribution in [2.24, 2.45) is 35.5 Å². The molecule has 2 N–H and O–H groups in total. The molecule has 2 bridgehead atoms. The van der Waals surface area contributed by atoms with Crippen LogP contribution in [0.4, 0.5) is 4.79 Å². The van der Waals surface area contributed by atoms with Crippen molar-refractivity contribution in [3.8, 4) is 0 Å². The first-order chi connectivity index (χ1) is 33.1. The third-order valence-electron chi connectivity index (χ3n) is 15.7. The summed E-state index contributed by atoms with van der Waals surface area (Å²) in [7, 11) is 7.82. The van der Waals surface area contributed by atoms with Gasteiger partial charge in [0.05, 0.1) is 18.3 Å². The fraction of sp³-hybridized carbons (Fsp3) is 0.815. The number of cyclic esters (lactones) is 1. The first-order valence-electron chi connectivity index (χ1n) is 26.1. The summed E-state index contributed by atoms with van der Waals surface area (Å²) in [5, 5.41) is 23.5. The minimum absolute atomic E-state index is 0.0629. The zero-order valence-corrected chi connectivity index (χ0v) is 44.4. The van der Waals surface area contributed by atoms with Crippen molar-refractivity contribution in [2.75, 3.05) is 42.0 Å². The molecule has 0 radical (unpaired) electrons. The quantitative estimate of drug-likeness (QED) is 0.146. The largest absolute Gasteiger partial charge is 0.460 e. The second kappa shape index (κ2) is 27.5. The molecule has 16 heteroatoms. The third kappa shape index (κ3) is 15.7. The monoisotopic (exact) mass is 989 g/mol. The highest BCUT2D eigenvalue weighted by atomic mass is 16.6. The van der Waals surface area contributed by atoms with E-state index in [4.69, 9.17) is 28.4 Å². The van der Waals surface area contributed by atoms with Crippen LogP contribution in [0.3, 0.4) is 0 Å². The van der Waals surface area contributed by atoms with Crippen molar-refractivity contribution in [3.05, 3.63) is 23.3 Å². The SMILES string of the molecule is CO[C@H]1C[C@@H]2CC[C@@H](C)[C@@](O)(O2)C(=O)C(=O)N2CCCC[C@H]2C(=O)O[C@H]([C@H](C)C[C@@H]2CC[C@@H](OC(=O)N(C)C)[C@H](OC)C2)CC(=O)[C@H](C)/C=C(\C)[C@@H](O)[C@@H](OC)C(=O)[C@H](C)C[C@H](C)CCCC/C=C/1C. The summed E-state index contributed by atoms with van der Waals surface area (Å²) in [6.07, 6.45) is 7.16. The van der Waals surface area contributed by atoms with Crippen molar-refractivity contribution in [3.63, 3.8) is 0 Å². The number of aliphatic hydroxyl groups is 2. The van der Waals surface area contributed by atoms with E-state index in [0.717, 1.165) is 31.3 Å².